The Hall–Kier alpha value is -4.95. The normalized spacial score (nSPS) is 15.5. The van der Waals surface area contributed by atoms with Crippen molar-refractivity contribution in [2.45, 2.75) is 25.4 Å². The zero-order valence-electron chi connectivity index (χ0n) is 27.9. The van der Waals surface area contributed by atoms with Gasteiger partial charge in [0.15, 0.2) is 5.75 Å². The first-order valence-electron chi connectivity index (χ1n) is 16.7. The number of esters is 2. The summed E-state index contributed by atoms with van der Waals surface area (Å²) in [6.45, 7) is 2.47. The van der Waals surface area contributed by atoms with Gasteiger partial charge in [-0.1, -0.05) is 28.1 Å². The number of thiophene rings is 1. The zero-order valence-corrected chi connectivity index (χ0v) is 30.3. The molecule has 3 heterocycles. The monoisotopic (exact) mass is 787 g/mol. The minimum Gasteiger partial charge on any atom is -0.508 e. The molecule has 0 bridgehead atoms. The molecule has 0 aliphatic carbocycles. The van der Waals surface area contributed by atoms with Crippen molar-refractivity contribution in [3.05, 3.63) is 101 Å². The molecule has 1 atom stereocenters. The molecule has 11 nitrogen and oxygen atoms in total. The summed E-state index contributed by atoms with van der Waals surface area (Å²) in [5, 5.41) is 11.0. The van der Waals surface area contributed by atoms with Gasteiger partial charge in [-0.3, -0.25) is 9.59 Å². The third kappa shape index (κ3) is 8.23. The molecule has 4 aromatic carbocycles. The number of hydrogen-bond acceptors (Lipinski definition) is 11. The van der Waals surface area contributed by atoms with Crippen molar-refractivity contribution in [3.63, 3.8) is 0 Å². The highest BCUT2D eigenvalue weighted by Gasteiger charge is 2.40. The third-order valence-electron chi connectivity index (χ3n) is 8.54. The Balaban J connectivity index is 0.796. The Morgan fingerprint density at radius 1 is 0.788 bits per heavy atom. The molecule has 0 saturated carbocycles. The predicted octanol–water partition coefficient (Wildman–Crippen LogP) is 7.51. The van der Waals surface area contributed by atoms with Gasteiger partial charge in [-0.15, -0.1) is 11.3 Å². The molecule has 7 rings (SSSR count). The van der Waals surface area contributed by atoms with E-state index >= 15 is 0 Å². The Kier molecular flexibility index (Phi) is 11.0. The van der Waals surface area contributed by atoms with Crippen molar-refractivity contribution in [1.29, 1.82) is 0 Å². The summed E-state index contributed by atoms with van der Waals surface area (Å²) in [6.07, 6.45) is 0.367. The van der Waals surface area contributed by atoms with Crippen LogP contribution in [0.5, 0.6) is 28.7 Å². The number of carbonyl (C=O) groups excluding carboxylic acids is 3. The number of phenols is 1. The molecule has 268 valence electrons. The minimum absolute atomic E-state index is 0.106. The second-order valence-electron chi connectivity index (χ2n) is 12.0. The number of hydrogen-bond donors (Lipinski definition) is 1. The summed E-state index contributed by atoms with van der Waals surface area (Å²) in [6, 6.07) is 25.2. The number of halogens is 1. The molecule has 0 radical (unpaired) electrons. The van der Waals surface area contributed by atoms with E-state index in [0.29, 0.717) is 62.5 Å². The number of phenolic OH excluding ortho intramolecular Hbond substituents is 1. The molecule has 1 saturated heterocycles. The summed E-state index contributed by atoms with van der Waals surface area (Å²) in [4.78, 5) is 38.8. The van der Waals surface area contributed by atoms with E-state index in [1.807, 2.05) is 54.6 Å². The maximum absolute atomic E-state index is 12.8. The number of aromatic hydroxyl groups is 1. The molecule has 13 heteroatoms. The third-order valence-corrected chi connectivity index (χ3v) is 10.2. The minimum atomic E-state index is -0.758. The van der Waals surface area contributed by atoms with E-state index < -0.39 is 18.0 Å². The second-order valence-corrected chi connectivity index (χ2v) is 14.0. The van der Waals surface area contributed by atoms with E-state index in [1.54, 1.807) is 41.7 Å². The molecular weight excluding hydrogens is 754 g/mol. The van der Waals surface area contributed by atoms with Gasteiger partial charge < -0.3 is 38.4 Å². The van der Waals surface area contributed by atoms with E-state index in [0.717, 1.165) is 36.3 Å². The molecule has 2 aliphatic heterocycles. The number of amides is 1. The number of fused-ring (bicyclic) bond motifs is 2. The van der Waals surface area contributed by atoms with E-state index in [9.17, 15) is 19.5 Å². The predicted molar refractivity (Wildman–Crippen MR) is 196 cm³/mol. The van der Waals surface area contributed by atoms with Crippen molar-refractivity contribution in [2.75, 3.05) is 39.6 Å². The molecule has 1 unspecified atom stereocenters. The van der Waals surface area contributed by atoms with Gasteiger partial charge in [0.1, 0.15) is 42.3 Å². The van der Waals surface area contributed by atoms with Crippen LogP contribution in [0.15, 0.2) is 89.4 Å². The number of benzene rings is 4. The van der Waals surface area contributed by atoms with Crippen LogP contribution in [0.4, 0.5) is 0 Å². The fraction of sp³-hybridized carbons (Fsp3) is 0.256. The van der Waals surface area contributed by atoms with Crippen molar-refractivity contribution >= 4 is 55.2 Å². The van der Waals surface area contributed by atoms with Crippen molar-refractivity contribution < 1.29 is 47.9 Å². The van der Waals surface area contributed by atoms with Gasteiger partial charge in [0.2, 0.25) is 0 Å². The summed E-state index contributed by atoms with van der Waals surface area (Å²) >= 11 is 5.06. The molecule has 1 amide bonds. The lowest BCUT2D eigenvalue weighted by molar-refractivity contribution is -0.167. The average Bonchev–Trinajstić information content (AvgIpc) is 3.66. The van der Waals surface area contributed by atoms with Crippen molar-refractivity contribution in [3.8, 4) is 39.2 Å². The smallest absolute Gasteiger partial charge is 0.336 e. The number of carbonyl (C=O) groups is 3. The lowest BCUT2D eigenvalue weighted by Crippen LogP contribution is -2.45. The van der Waals surface area contributed by atoms with Gasteiger partial charge in [-0.25, -0.2) is 4.79 Å². The van der Waals surface area contributed by atoms with Crippen molar-refractivity contribution in [2.24, 2.45) is 0 Å². The molecular formula is C39H34BrNO10S. The lowest BCUT2D eigenvalue weighted by Gasteiger charge is -2.28. The van der Waals surface area contributed by atoms with Crippen LogP contribution in [-0.4, -0.2) is 73.5 Å². The fourth-order valence-corrected chi connectivity index (χ4v) is 7.42. The molecule has 52 heavy (non-hydrogen) atoms. The highest BCUT2D eigenvalue weighted by atomic mass is 79.9. The van der Waals surface area contributed by atoms with Crippen LogP contribution in [0.3, 0.4) is 0 Å². The van der Waals surface area contributed by atoms with Crippen LogP contribution in [0, 0.1) is 0 Å². The van der Waals surface area contributed by atoms with Crippen LogP contribution < -0.4 is 14.2 Å². The summed E-state index contributed by atoms with van der Waals surface area (Å²) in [5.74, 6) is 1.39. The Morgan fingerprint density at radius 3 is 2.19 bits per heavy atom. The molecule has 1 aromatic heterocycles. The Bertz CT molecular complexity index is 2080. The van der Waals surface area contributed by atoms with Crippen LogP contribution in [0.1, 0.15) is 28.8 Å². The summed E-state index contributed by atoms with van der Waals surface area (Å²) in [5.41, 5.74) is 2.29. The van der Waals surface area contributed by atoms with E-state index in [2.05, 4.69) is 15.9 Å². The van der Waals surface area contributed by atoms with Gasteiger partial charge in [0, 0.05) is 33.1 Å². The van der Waals surface area contributed by atoms with Gasteiger partial charge in [-0.05, 0) is 90.3 Å². The number of nitrogens with zero attached hydrogens (tertiary/aromatic N) is 1. The molecule has 5 aromatic rings. The van der Waals surface area contributed by atoms with Gasteiger partial charge >= 0.3 is 11.9 Å². The lowest BCUT2D eigenvalue weighted by atomic mass is 10.1. The highest BCUT2D eigenvalue weighted by Crippen LogP contribution is 2.47. The Morgan fingerprint density at radius 2 is 1.46 bits per heavy atom. The number of ether oxygens (including phenoxy) is 6. The standard InChI is InChI=1S/C39H34BrNO10S/c40-26-3-1-24(2-4-26)37-36(32-11-5-27(42)22-34(32)52-37)50-29-8-6-28(7-9-29)48-19-17-46-15-16-47-18-20-49-30-10-12-31-25(21-30)23-41(38(31)44)33-13-14-35(43)51-39(33)45/h1-12,21-22,33,42H,13-20,23H2. The first-order chi connectivity index (χ1) is 25.3. The fourth-order valence-electron chi connectivity index (χ4n) is 5.98. The molecule has 2 aliphatic rings. The summed E-state index contributed by atoms with van der Waals surface area (Å²) < 4.78 is 35.9. The first-order valence-corrected chi connectivity index (χ1v) is 18.3. The van der Waals surface area contributed by atoms with Crippen LogP contribution in [0.2, 0.25) is 0 Å². The largest absolute Gasteiger partial charge is 0.508 e. The van der Waals surface area contributed by atoms with Gasteiger partial charge in [0.05, 0.1) is 31.3 Å². The molecule has 1 N–H and O–H groups in total. The van der Waals surface area contributed by atoms with Crippen LogP contribution >= 0.6 is 27.3 Å². The SMILES string of the molecule is O=C1CCC(N2Cc3cc(OCCOCCOCCOc4ccc(Oc5c(-c6ccc(Br)cc6)sc6cc(O)ccc56)cc4)ccc3C2=O)C(=O)O1. The van der Waals surface area contributed by atoms with Gasteiger partial charge in [0.25, 0.3) is 5.91 Å². The maximum atomic E-state index is 12.8. The molecule has 1 fully saturated rings. The van der Waals surface area contributed by atoms with Crippen LogP contribution in [0.25, 0.3) is 20.5 Å². The van der Waals surface area contributed by atoms with Crippen molar-refractivity contribution in [1.82, 2.24) is 4.90 Å². The number of rotatable bonds is 15. The van der Waals surface area contributed by atoms with Crippen LogP contribution in [-0.2, 0) is 30.3 Å². The average molecular weight is 789 g/mol. The maximum Gasteiger partial charge on any atom is 0.336 e. The Labute approximate surface area is 311 Å². The van der Waals surface area contributed by atoms with Gasteiger partial charge in [-0.2, -0.15) is 0 Å². The number of cyclic esters (lactones) is 2. The first kappa shape index (κ1) is 35.5. The summed E-state index contributed by atoms with van der Waals surface area (Å²) in [7, 11) is 0. The topological polar surface area (TPSA) is 130 Å². The van der Waals surface area contributed by atoms with E-state index in [-0.39, 0.29) is 31.0 Å². The molecule has 0 spiro atoms. The van der Waals surface area contributed by atoms with E-state index in [1.165, 1.54) is 4.90 Å². The zero-order chi connectivity index (χ0) is 36.0. The highest BCUT2D eigenvalue weighted by molar-refractivity contribution is 9.10. The second kappa shape index (κ2) is 16.2. The quantitative estimate of drug-likeness (QED) is 0.0647. The van der Waals surface area contributed by atoms with E-state index in [4.69, 9.17) is 28.4 Å².